The Bertz CT molecular complexity index is 851. The van der Waals surface area contributed by atoms with E-state index in [9.17, 15) is 9.59 Å². The van der Waals surface area contributed by atoms with Crippen molar-refractivity contribution in [1.82, 2.24) is 0 Å². The first-order valence-corrected chi connectivity index (χ1v) is 11.7. The van der Waals surface area contributed by atoms with Crippen molar-refractivity contribution < 1.29 is 19.1 Å². The molecule has 0 amide bonds. The molecule has 0 aliphatic carbocycles. The maximum atomic E-state index is 11.1. The average Bonchev–Trinajstić information content (AvgIpc) is 2.71. The maximum absolute atomic E-state index is 11.1. The standard InChI is InChI=1S/C20H16O4S4/c1-3-19(21)23-11-25-13-5-7-15-17(9-13)27-16-8-6-14(10-18(16)28-15)26-12-24-20(22)4-2/h3-10H,1-2,11-12H2. The number of hydrogen-bond donors (Lipinski definition) is 0. The van der Waals surface area contributed by atoms with Gasteiger partial charge >= 0.3 is 11.9 Å². The van der Waals surface area contributed by atoms with E-state index < -0.39 is 11.9 Å². The lowest BCUT2D eigenvalue weighted by atomic mass is 10.3. The minimum Gasteiger partial charge on any atom is -0.451 e. The monoisotopic (exact) mass is 448 g/mol. The molecule has 0 saturated heterocycles. The van der Waals surface area contributed by atoms with Crippen LogP contribution in [0.15, 0.2) is 91.1 Å². The maximum Gasteiger partial charge on any atom is 0.330 e. The Kier molecular flexibility index (Phi) is 7.61. The lowest BCUT2D eigenvalue weighted by molar-refractivity contribution is -0.136. The van der Waals surface area contributed by atoms with Crippen LogP contribution < -0.4 is 0 Å². The molecule has 3 rings (SSSR count). The largest absolute Gasteiger partial charge is 0.451 e. The minimum absolute atomic E-state index is 0.259. The molecule has 1 aliphatic rings. The molecular formula is C20H16O4S4. The quantitative estimate of drug-likeness (QED) is 0.184. The highest BCUT2D eigenvalue weighted by Crippen LogP contribution is 2.50. The summed E-state index contributed by atoms with van der Waals surface area (Å²) in [6.07, 6.45) is 2.32. The van der Waals surface area contributed by atoms with Gasteiger partial charge in [0, 0.05) is 41.5 Å². The molecule has 0 unspecified atom stereocenters. The molecule has 144 valence electrons. The third kappa shape index (κ3) is 5.64. The van der Waals surface area contributed by atoms with Crippen LogP contribution in [0.3, 0.4) is 0 Å². The van der Waals surface area contributed by atoms with Gasteiger partial charge in [-0.3, -0.25) is 0 Å². The molecular weight excluding hydrogens is 432 g/mol. The predicted octanol–water partition coefficient (Wildman–Crippen LogP) is 5.86. The summed E-state index contributed by atoms with van der Waals surface area (Å²) < 4.78 is 10.0. The Hall–Kier alpha value is -1.74. The Morgan fingerprint density at radius 2 is 1.21 bits per heavy atom. The van der Waals surface area contributed by atoms with Crippen molar-refractivity contribution >= 4 is 59.0 Å². The van der Waals surface area contributed by atoms with Crippen LogP contribution in [0.4, 0.5) is 0 Å². The summed E-state index contributed by atoms with van der Waals surface area (Å²) >= 11 is 6.37. The van der Waals surface area contributed by atoms with Crippen molar-refractivity contribution in [2.24, 2.45) is 0 Å². The summed E-state index contributed by atoms with van der Waals surface area (Å²) in [5, 5.41) is 0. The van der Waals surface area contributed by atoms with Gasteiger partial charge in [-0.1, -0.05) is 60.2 Å². The van der Waals surface area contributed by atoms with E-state index in [1.165, 1.54) is 43.1 Å². The molecule has 4 nitrogen and oxygen atoms in total. The molecule has 0 spiro atoms. The van der Waals surface area contributed by atoms with Crippen LogP contribution in [0.25, 0.3) is 0 Å². The molecule has 0 bridgehead atoms. The molecule has 0 saturated carbocycles. The zero-order chi connectivity index (χ0) is 19.9. The lowest BCUT2D eigenvalue weighted by Gasteiger charge is -2.19. The fourth-order valence-corrected chi connectivity index (χ4v) is 5.93. The second kappa shape index (κ2) is 10.2. The van der Waals surface area contributed by atoms with Gasteiger partial charge in [-0.05, 0) is 36.4 Å². The summed E-state index contributed by atoms with van der Waals surface area (Å²) in [7, 11) is 0. The third-order valence-electron chi connectivity index (χ3n) is 3.46. The lowest BCUT2D eigenvalue weighted by Crippen LogP contribution is -1.99. The van der Waals surface area contributed by atoms with E-state index in [1.54, 1.807) is 23.5 Å². The van der Waals surface area contributed by atoms with Gasteiger partial charge in [-0.15, -0.1) is 0 Å². The van der Waals surface area contributed by atoms with Crippen LogP contribution in [0, 0.1) is 0 Å². The molecule has 2 aromatic carbocycles. The fraction of sp³-hybridized carbons (Fsp3) is 0.100. The molecule has 0 atom stereocenters. The second-order valence-electron chi connectivity index (χ2n) is 5.28. The number of benzene rings is 2. The van der Waals surface area contributed by atoms with Gasteiger partial charge in [-0.25, -0.2) is 9.59 Å². The minimum atomic E-state index is -0.419. The molecule has 0 aromatic heterocycles. The first-order chi connectivity index (χ1) is 13.6. The van der Waals surface area contributed by atoms with Crippen LogP contribution in [-0.2, 0) is 19.1 Å². The topological polar surface area (TPSA) is 52.6 Å². The highest BCUT2D eigenvalue weighted by atomic mass is 32.2. The van der Waals surface area contributed by atoms with Gasteiger partial charge in [0.2, 0.25) is 0 Å². The number of esters is 2. The van der Waals surface area contributed by atoms with Gasteiger partial charge in [0.25, 0.3) is 0 Å². The number of carbonyl (C=O) groups is 2. The Morgan fingerprint density at radius 3 is 1.61 bits per heavy atom. The Morgan fingerprint density at radius 1 is 0.786 bits per heavy atom. The van der Waals surface area contributed by atoms with E-state index in [1.807, 2.05) is 12.1 Å². The SMILES string of the molecule is C=CC(=O)OCSc1ccc2c(c1)Sc1ccc(SCOC(=O)C=C)cc1S2. The van der Waals surface area contributed by atoms with Crippen molar-refractivity contribution in [3.05, 3.63) is 61.7 Å². The highest BCUT2D eigenvalue weighted by molar-refractivity contribution is 8.05. The van der Waals surface area contributed by atoms with Gasteiger partial charge in [0.1, 0.15) is 11.9 Å². The fourth-order valence-electron chi connectivity index (χ4n) is 2.15. The van der Waals surface area contributed by atoms with E-state index in [-0.39, 0.29) is 11.9 Å². The van der Waals surface area contributed by atoms with E-state index in [2.05, 4.69) is 37.4 Å². The number of carbonyl (C=O) groups excluding carboxylic acids is 2. The smallest absolute Gasteiger partial charge is 0.330 e. The summed E-state index contributed by atoms with van der Waals surface area (Å²) in [6.45, 7) is 6.76. The number of ether oxygens (including phenoxy) is 2. The predicted molar refractivity (Wildman–Crippen MR) is 115 cm³/mol. The molecule has 28 heavy (non-hydrogen) atoms. The molecule has 2 aromatic rings. The molecule has 1 heterocycles. The van der Waals surface area contributed by atoms with E-state index >= 15 is 0 Å². The summed E-state index contributed by atoms with van der Waals surface area (Å²) in [4.78, 5) is 29.1. The summed E-state index contributed by atoms with van der Waals surface area (Å²) in [6, 6.07) is 12.4. The Balaban J connectivity index is 1.62. The molecule has 0 N–H and O–H groups in total. The van der Waals surface area contributed by atoms with Gasteiger partial charge in [0.05, 0.1) is 0 Å². The normalized spacial score (nSPS) is 11.7. The molecule has 1 aliphatic heterocycles. The Labute approximate surface area is 180 Å². The molecule has 8 heteroatoms. The van der Waals surface area contributed by atoms with Crippen LogP contribution >= 0.6 is 47.0 Å². The summed E-state index contributed by atoms with van der Waals surface area (Å²) in [5.74, 6) is -0.320. The van der Waals surface area contributed by atoms with Crippen molar-refractivity contribution in [2.45, 2.75) is 29.4 Å². The van der Waals surface area contributed by atoms with Gasteiger partial charge < -0.3 is 9.47 Å². The van der Waals surface area contributed by atoms with Crippen LogP contribution in [0.5, 0.6) is 0 Å². The second-order valence-corrected chi connectivity index (χ2v) is 9.44. The summed E-state index contributed by atoms with van der Waals surface area (Å²) in [5.41, 5.74) is 0. The zero-order valence-corrected chi connectivity index (χ0v) is 18.0. The van der Waals surface area contributed by atoms with E-state index in [0.717, 1.165) is 21.9 Å². The molecule has 0 fully saturated rings. The number of hydrogen-bond acceptors (Lipinski definition) is 8. The van der Waals surface area contributed by atoms with Crippen LogP contribution in [0.1, 0.15) is 0 Å². The highest BCUT2D eigenvalue weighted by Gasteiger charge is 2.18. The first kappa shape index (κ1) is 21.0. The average molecular weight is 449 g/mol. The first-order valence-electron chi connectivity index (χ1n) is 8.07. The van der Waals surface area contributed by atoms with E-state index in [4.69, 9.17) is 9.47 Å². The van der Waals surface area contributed by atoms with Gasteiger partial charge in [-0.2, -0.15) is 0 Å². The van der Waals surface area contributed by atoms with Crippen molar-refractivity contribution in [3.8, 4) is 0 Å². The van der Waals surface area contributed by atoms with Crippen LogP contribution in [0.2, 0.25) is 0 Å². The number of rotatable bonds is 8. The number of thioether (sulfide) groups is 2. The van der Waals surface area contributed by atoms with E-state index in [0.29, 0.717) is 0 Å². The van der Waals surface area contributed by atoms with Crippen molar-refractivity contribution in [2.75, 3.05) is 11.9 Å². The third-order valence-corrected chi connectivity index (χ3v) is 7.63. The van der Waals surface area contributed by atoms with Gasteiger partial charge in [0.15, 0.2) is 0 Å². The van der Waals surface area contributed by atoms with Crippen molar-refractivity contribution in [1.29, 1.82) is 0 Å². The van der Waals surface area contributed by atoms with Crippen LogP contribution in [-0.4, -0.2) is 23.8 Å². The molecule has 0 radical (unpaired) electrons. The number of fused-ring (bicyclic) bond motifs is 2. The zero-order valence-electron chi connectivity index (χ0n) is 14.7. The van der Waals surface area contributed by atoms with Crippen molar-refractivity contribution in [3.63, 3.8) is 0 Å².